The summed E-state index contributed by atoms with van der Waals surface area (Å²) in [4.78, 5) is 4.32. The van der Waals surface area contributed by atoms with Crippen LogP contribution in [-0.2, 0) is 0 Å². The zero-order valence-electron chi connectivity index (χ0n) is 7.58. The quantitative estimate of drug-likeness (QED) is 0.663. The van der Waals surface area contributed by atoms with E-state index in [2.05, 4.69) is 9.36 Å². The smallest absolute Gasteiger partial charge is 0.209 e. The molecule has 0 amide bonds. The van der Waals surface area contributed by atoms with Gasteiger partial charge in [-0.1, -0.05) is 0 Å². The highest BCUT2D eigenvalue weighted by atomic mass is 32.1. The maximum Gasteiger partial charge on any atom is 0.209 e. The van der Waals surface area contributed by atoms with Crippen molar-refractivity contribution in [2.45, 2.75) is 0 Å². The molecule has 4 nitrogen and oxygen atoms in total. The molecule has 3 heterocycles. The van der Waals surface area contributed by atoms with Gasteiger partial charge in [-0.2, -0.15) is 4.37 Å². The summed E-state index contributed by atoms with van der Waals surface area (Å²) >= 11 is 1.29. The van der Waals surface area contributed by atoms with Crippen LogP contribution in [0, 0.1) is 0 Å². The standard InChI is InChI=1S/C10H6N2O2S/c1-3-7(13-5-1)9-11-10(15-12-9)8-4-2-6-14-8/h1-6H. The number of nitrogens with zero attached hydrogens (tertiary/aromatic N) is 2. The van der Waals surface area contributed by atoms with Gasteiger partial charge in [-0.3, -0.25) is 0 Å². The van der Waals surface area contributed by atoms with Crippen LogP contribution < -0.4 is 0 Å². The zero-order chi connectivity index (χ0) is 10.1. The van der Waals surface area contributed by atoms with Crippen LogP contribution in [0.3, 0.4) is 0 Å². The number of hydrogen-bond acceptors (Lipinski definition) is 5. The van der Waals surface area contributed by atoms with Gasteiger partial charge in [0.1, 0.15) is 0 Å². The third-order valence-electron chi connectivity index (χ3n) is 1.90. The molecule has 3 aromatic heterocycles. The van der Waals surface area contributed by atoms with Gasteiger partial charge in [-0.25, -0.2) is 4.98 Å². The van der Waals surface area contributed by atoms with E-state index < -0.39 is 0 Å². The van der Waals surface area contributed by atoms with E-state index in [1.807, 2.05) is 24.3 Å². The SMILES string of the molecule is c1coc(-c2nsc(-c3ccco3)n2)c1. The number of rotatable bonds is 2. The molecule has 5 heteroatoms. The van der Waals surface area contributed by atoms with Crippen molar-refractivity contribution in [3.63, 3.8) is 0 Å². The van der Waals surface area contributed by atoms with E-state index in [0.29, 0.717) is 11.6 Å². The van der Waals surface area contributed by atoms with Crippen molar-refractivity contribution >= 4 is 11.5 Å². The molecule has 0 spiro atoms. The molecule has 0 radical (unpaired) electrons. The first-order chi connectivity index (χ1) is 7.43. The van der Waals surface area contributed by atoms with Crippen LogP contribution in [0.1, 0.15) is 0 Å². The molecule has 0 fully saturated rings. The van der Waals surface area contributed by atoms with Crippen LogP contribution in [0.2, 0.25) is 0 Å². The Balaban J connectivity index is 2.02. The second kappa shape index (κ2) is 3.36. The zero-order valence-corrected chi connectivity index (χ0v) is 8.40. The van der Waals surface area contributed by atoms with E-state index in [1.54, 1.807) is 12.5 Å². The lowest BCUT2D eigenvalue weighted by molar-refractivity contribution is 0.576. The van der Waals surface area contributed by atoms with Gasteiger partial charge in [0.05, 0.1) is 12.5 Å². The fourth-order valence-electron chi connectivity index (χ4n) is 1.23. The summed E-state index contributed by atoms with van der Waals surface area (Å²) in [5.41, 5.74) is 0. The molecule has 0 saturated heterocycles. The second-order valence-electron chi connectivity index (χ2n) is 2.88. The van der Waals surface area contributed by atoms with Crippen LogP contribution >= 0.6 is 11.5 Å². The summed E-state index contributed by atoms with van der Waals surface area (Å²) in [7, 11) is 0. The Kier molecular flexibility index (Phi) is 1.89. The maximum absolute atomic E-state index is 5.23. The van der Waals surface area contributed by atoms with Gasteiger partial charge >= 0.3 is 0 Å². The van der Waals surface area contributed by atoms with Gasteiger partial charge in [-0.15, -0.1) is 0 Å². The topological polar surface area (TPSA) is 52.1 Å². The van der Waals surface area contributed by atoms with Crippen LogP contribution in [0.4, 0.5) is 0 Å². The van der Waals surface area contributed by atoms with Gasteiger partial charge in [-0.05, 0) is 35.8 Å². The van der Waals surface area contributed by atoms with Crippen LogP contribution in [0.5, 0.6) is 0 Å². The van der Waals surface area contributed by atoms with E-state index in [4.69, 9.17) is 8.83 Å². The van der Waals surface area contributed by atoms with Crippen molar-refractivity contribution in [1.82, 2.24) is 9.36 Å². The first kappa shape index (κ1) is 8.43. The first-order valence-electron chi connectivity index (χ1n) is 4.35. The van der Waals surface area contributed by atoms with Crippen LogP contribution in [0.25, 0.3) is 22.4 Å². The Morgan fingerprint density at radius 1 is 1.00 bits per heavy atom. The summed E-state index contributed by atoms with van der Waals surface area (Å²) in [5, 5.41) is 0.756. The minimum atomic E-state index is 0.594. The summed E-state index contributed by atoms with van der Waals surface area (Å²) in [5.74, 6) is 1.99. The lowest BCUT2D eigenvalue weighted by atomic mass is 10.4. The summed E-state index contributed by atoms with van der Waals surface area (Å²) in [6.07, 6.45) is 3.21. The van der Waals surface area contributed by atoms with Gasteiger partial charge in [0.25, 0.3) is 0 Å². The molecule has 0 aliphatic heterocycles. The molecule has 0 atom stereocenters. The monoisotopic (exact) mass is 218 g/mol. The van der Waals surface area contributed by atoms with Crippen molar-refractivity contribution in [2.24, 2.45) is 0 Å². The number of aromatic nitrogens is 2. The van der Waals surface area contributed by atoms with Crippen molar-refractivity contribution < 1.29 is 8.83 Å². The summed E-state index contributed by atoms with van der Waals surface area (Å²) < 4.78 is 14.6. The summed E-state index contributed by atoms with van der Waals surface area (Å²) in [6.45, 7) is 0. The van der Waals surface area contributed by atoms with E-state index in [9.17, 15) is 0 Å². The van der Waals surface area contributed by atoms with E-state index in [1.165, 1.54) is 11.5 Å². The average Bonchev–Trinajstić information content (AvgIpc) is 3.02. The Morgan fingerprint density at radius 2 is 1.73 bits per heavy atom. The molecule has 3 aromatic rings. The van der Waals surface area contributed by atoms with Gasteiger partial charge < -0.3 is 8.83 Å². The molecule has 0 unspecified atom stereocenters. The highest BCUT2D eigenvalue weighted by Crippen LogP contribution is 2.25. The molecular weight excluding hydrogens is 212 g/mol. The fraction of sp³-hybridized carbons (Fsp3) is 0. The third-order valence-corrected chi connectivity index (χ3v) is 2.63. The fourth-order valence-corrected chi connectivity index (χ4v) is 1.87. The van der Waals surface area contributed by atoms with Crippen molar-refractivity contribution in [2.75, 3.05) is 0 Å². The molecule has 0 N–H and O–H groups in total. The Morgan fingerprint density at radius 3 is 2.40 bits per heavy atom. The molecule has 74 valence electrons. The molecule has 0 aliphatic carbocycles. The molecule has 0 bridgehead atoms. The van der Waals surface area contributed by atoms with Crippen molar-refractivity contribution in [3.05, 3.63) is 36.8 Å². The predicted octanol–water partition coefficient (Wildman–Crippen LogP) is 3.06. The van der Waals surface area contributed by atoms with Gasteiger partial charge in [0, 0.05) is 0 Å². The average molecular weight is 218 g/mol. The lowest BCUT2D eigenvalue weighted by Gasteiger charge is -1.85. The lowest BCUT2D eigenvalue weighted by Crippen LogP contribution is -1.76. The largest absolute Gasteiger partial charge is 0.462 e. The Bertz CT molecular complexity index is 491. The number of furan rings is 2. The normalized spacial score (nSPS) is 10.7. The van der Waals surface area contributed by atoms with Crippen molar-refractivity contribution in [3.8, 4) is 22.4 Å². The van der Waals surface area contributed by atoms with Crippen LogP contribution in [0.15, 0.2) is 45.6 Å². The maximum atomic E-state index is 5.23. The molecular formula is C10H6N2O2S. The number of hydrogen-bond donors (Lipinski definition) is 0. The second-order valence-corrected chi connectivity index (χ2v) is 3.63. The Hall–Kier alpha value is -1.88. The summed E-state index contributed by atoms with van der Waals surface area (Å²) in [6, 6.07) is 7.31. The highest BCUT2D eigenvalue weighted by Gasteiger charge is 2.11. The minimum absolute atomic E-state index is 0.594. The Labute approximate surface area is 89.4 Å². The van der Waals surface area contributed by atoms with Crippen molar-refractivity contribution in [1.29, 1.82) is 0 Å². The van der Waals surface area contributed by atoms with E-state index >= 15 is 0 Å². The first-order valence-corrected chi connectivity index (χ1v) is 5.12. The van der Waals surface area contributed by atoms with Gasteiger partial charge in [0.2, 0.25) is 5.82 Å². The molecule has 0 aromatic carbocycles. The van der Waals surface area contributed by atoms with Gasteiger partial charge in [0.15, 0.2) is 16.5 Å². The minimum Gasteiger partial charge on any atom is -0.462 e. The van der Waals surface area contributed by atoms with E-state index in [-0.39, 0.29) is 0 Å². The third kappa shape index (κ3) is 1.46. The molecule has 0 aliphatic rings. The molecule has 0 saturated carbocycles. The molecule has 15 heavy (non-hydrogen) atoms. The van der Waals surface area contributed by atoms with E-state index in [0.717, 1.165) is 10.8 Å². The highest BCUT2D eigenvalue weighted by molar-refractivity contribution is 7.09. The van der Waals surface area contributed by atoms with Crippen LogP contribution in [-0.4, -0.2) is 9.36 Å². The molecule has 3 rings (SSSR count). The predicted molar refractivity (Wildman–Crippen MR) is 55.3 cm³/mol.